The first-order valence-corrected chi connectivity index (χ1v) is 8.77. The third-order valence-corrected chi connectivity index (χ3v) is 3.82. The molecule has 1 aromatic carbocycles. The summed E-state index contributed by atoms with van der Waals surface area (Å²) in [6.07, 6.45) is 2.73. The van der Waals surface area contributed by atoms with Gasteiger partial charge < -0.3 is 4.57 Å². The fourth-order valence-corrected chi connectivity index (χ4v) is 2.50. The van der Waals surface area contributed by atoms with E-state index in [1.165, 1.54) is 6.07 Å². The van der Waals surface area contributed by atoms with Gasteiger partial charge >= 0.3 is 0 Å². The zero-order valence-electron chi connectivity index (χ0n) is 12.8. The molecule has 9 heteroatoms. The van der Waals surface area contributed by atoms with Crippen LogP contribution in [0, 0.1) is 11.6 Å². The van der Waals surface area contributed by atoms with Crippen LogP contribution < -0.4 is 0 Å². The molecule has 126 valence electrons. The summed E-state index contributed by atoms with van der Waals surface area (Å²) >= 11 is 0. The van der Waals surface area contributed by atoms with Crippen LogP contribution in [0.15, 0.2) is 18.2 Å². The van der Waals surface area contributed by atoms with Crippen molar-refractivity contribution in [1.82, 2.24) is 14.8 Å². The Labute approximate surface area is 133 Å². The number of hydrogen-bond donors (Lipinski definition) is 0. The highest BCUT2D eigenvalue weighted by Gasteiger charge is 2.14. The highest BCUT2D eigenvalue weighted by molar-refractivity contribution is 7.85. The Morgan fingerprint density at radius 2 is 1.96 bits per heavy atom. The molecule has 0 spiro atoms. The van der Waals surface area contributed by atoms with Crippen molar-refractivity contribution in [2.45, 2.75) is 19.3 Å². The number of nitrogens with zero attached hydrogens (tertiary/aromatic N) is 3. The number of rotatable bonds is 7. The topological polar surface area (TPSA) is 74.1 Å². The van der Waals surface area contributed by atoms with E-state index in [9.17, 15) is 17.2 Å². The van der Waals surface area contributed by atoms with E-state index in [1.54, 1.807) is 11.6 Å². The summed E-state index contributed by atoms with van der Waals surface area (Å²) in [5.74, 6) is -0.416. The van der Waals surface area contributed by atoms with Crippen LogP contribution in [0.2, 0.25) is 0 Å². The van der Waals surface area contributed by atoms with Crippen molar-refractivity contribution < 1.29 is 21.4 Å². The number of halogens is 2. The minimum atomic E-state index is -3.42. The lowest BCUT2D eigenvalue weighted by atomic mass is 10.2. The summed E-state index contributed by atoms with van der Waals surface area (Å²) in [7, 11) is -1.73. The van der Waals surface area contributed by atoms with E-state index in [-0.39, 0.29) is 12.2 Å². The number of benzene rings is 1. The van der Waals surface area contributed by atoms with Crippen molar-refractivity contribution in [3.8, 4) is 11.4 Å². The average molecular weight is 345 g/mol. The van der Waals surface area contributed by atoms with Crippen molar-refractivity contribution in [1.29, 1.82) is 0 Å². The molecule has 0 saturated heterocycles. The number of hydrogen-bond acceptors (Lipinski definition) is 5. The van der Waals surface area contributed by atoms with Gasteiger partial charge in [0.05, 0.1) is 18.4 Å². The van der Waals surface area contributed by atoms with E-state index in [2.05, 4.69) is 14.4 Å². The van der Waals surface area contributed by atoms with E-state index in [0.29, 0.717) is 30.9 Å². The van der Waals surface area contributed by atoms with E-state index < -0.39 is 21.8 Å². The lowest BCUT2D eigenvalue weighted by Gasteiger charge is -2.05. The lowest BCUT2D eigenvalue weighted by molar-refractivity contribution is 0.311. The molecule has 0 radical (unpaired) electrons. The first-order valence-electron chi connectivity index (χ1n) is 6.96. The minimum Gasteiger partial charge on any atom is -0.314 e. The zero-order valence-corrected chi connectivity index (χ0v) is 13.6. The van der Waals surface area contributed by atoms with Gasteiger partial charge in [-0.1, -0.05) is 0 Å². The van der Waals surface area contributed by atoms with Gasteiger partial charge in [0.15, 0.2) is 5.82 Å². The molecule has 0 aliphatic rings. The smallest absolute Gasteiger partial charge is 0.264 e. The molecule has 0 atom stereocenters. The fourth-order valence-electron chi connectivity index (χ4n) is 2.08. The lowest BCUT2D eigenvalue weighted by Crippen LogP contribution is -2.05. The molecule has 0 N–H and O–H groups in total. The number of unbranched alkanes of at least 4 members (excludes halogenated alkanes) is 1. The van der Waals surface area contributed by atoms with Gasteiger partial charge in [-0.05, 0) is 25.0 Å². The zero-order chi connectivity index (χ0) is 17.0. The second kappa shape index (κ2) is 7.14. The Hall–Kier alpha value is -1.87. The van der Waals surface area contributed by atoms with Crippen molar-refractivity contribution in [2.75, 3.05) is 12.9 Å². The van der Waals surface area contributed by atoms with Crippen molar-refractivity contribution >= 4 is 10.1 Å². The molecule has 2 rings (SSSR count). The average Bonchev–Trinajstić information content (AvgIpc) is 2.79. The molecule has 1 aromatic heterocycles. The molecule has 23 heavy (non-hydrogen) atoms. The summed E-state index contributed by atoms with van der Waals surface area (Å²) in [4.78, 5) is 0. The maximum Gasteiger partial charge on any atom is 0.264 e. The maximum absolute atomic E-state index is 13.8. The van der Waals surface area contributed by atoms with Gasteiger partial charge in [0.25, 0.3) is 10.1 Å². The van der Waals surface area contributed by atoms with Crippen LogP contribution in [0.5, 0.6) is 0 Å². The Morgan fingerprint density at radius 1 is 1.22 bits per heavy atom. The molecule has 0 amide bonds. The predicted molar refractivity (Wildman–Crippen MR) is 80.1 cm³/mol. The molecule has 1 heterocycles. The van der Waals surface area contributed by atoms with E-state index in [0.717, 1.165) is 18.4 Å². The van der Waals surface area contributed by atoms with Crippen LogP contribution >= 0.6 is 0 Å². The van der Waals surface area contributed by atoms with E-state index in [4.69, 9.17) is 0 Å². The Bertz CT molecular complexity index is 791. The van der Waals surface area contributed by atoms with Crippen LogP contribution in [0.4, 0.5) is 8.78 Å². The fraction of sp³-hybridized carbons (Fsp3) is 0.429. The standard InChI is InChI=1S/C14H17F2N3O3S/c1-19-13(5-3-4-8-22-23(2,20)21)17-18-14(19)11-7-6-10(15)9-12(11)16/h6-7,9H,3-5,8H2,1-2H3. The third kappa shape index (κ3) is 4.80. The van der Waals surface area contributed by atoms with Crippen molar-refractivity contribution in [3.05, 3.63) is 35.7 Å². The van der Waals surface area contributed by atoms with Crippen LogP contribution in [-0.2, 0) is 27.8 Å². The SMILES string of the molecule is Cn1c(CCCCOS(C)(=O)=O)nnc1-c1ccc(F)cc1F. The van der Waals surface area contributed by atoms with Gasteiger partial charge in [0.2, 0.25) is 0 Å². The summed E-state index contributed by atoms with van der Waals surface area (Å²) in [5, 5.41) is 7.93. The van der Waals surface area contributed by atoms with Crippen molar-refractivity contribution in [3.63, 3.8) is 0 Å². The van der Waals surface area contributed by atoms with E-state index in [1.807, 2.05) is 0 Å². The second-order valence-corrected chi connectivity index (χ2v) is 6.75. The highest BCUT2D eigenvalue weighted by Crippen LogP contribution is 2.22. The summed E-state index contributed by atoms with van der Waals surface area (Å²) in [6.45, 7) is 0.107. The van der Waals surface area contributed by atoms with E-state index >= 15 is 0 Å². The first-order chi connectivity index (χ1) is 10.8. The van der Waals surface area contributed by atoms with Crippen LogP contribution in [0.3, 0.4) is 0 Å². The Morgan fingerprint density at radius 3 is 2.61 bits per heavy atom. The van der Waals surface area contributed by atoms with Crippen LogP contribution in [0.25, 0.3) is 11.4 Å². The molecule has 0 saturated carbocycles. The largest absolute Gasteiger partial charge is 0.314 e. The van der Waals surface area contributed by atoms with Gasteiger partial charge in [-0.3, -0.25) is 4.18 Å². The molecule has 0 unspecified atom stereocenters. The monoisotopic (exact) mass is 345 g/mol. The normalized spacial score (nSPS) is 11.8. The highest BCUT2D eigenvalue weighted by atomic mass is 32.2. The van der Waals surface area contributed by atoms with Gasteiger partial charge in [0, 0.05) is 19.5 Å². The van der Waals surface area contributed by atoms with Crippen LogP contribution in [-0.4, -0.2) is 36.0 Å². The maximum atomic E-state index is 13.8. The van der Waals surface area contributed by atoms with Crippen LogP contribution in [0.1, 0.15) is 18.7 Å². The molecule has 6 nitrogen and oxygen atoms in total. The summed E-state index contributed by atoms with van der Waals surface area (Å²) in [6, 6.07) is 3.28. The second-order valence-electron chi connectivity index (χ2n) is 5.11. The summed E-state index contributed by atoms with van der Waals surface area (Å²) < 4.78 is 54.7. The molecule has 0 aliphatic carbocycles. The number of aromatic nitrogens is 3. The molecular formula is C14H17F2N3O3S. The van der Waals surface area contributed by atoms with Gasteiger partial charge in [-0.15, -0.1) is 10.2 Å². The molecule has 0 fully saturated rings. The van der Waals surface area contributed by atoms with Gasteiger partial charge in [-0.2, -0.15) is 8.42 Å². The van der Waals surface area contributed by atoms with Gasteiger partial charge in [0.1, 0.15) is 17.5 Å². The molecule has 0 bridgehead atoms. The third-order valence-electron chi connectivity index (χ3n) is 3.23. The van der Waals surface area contributed by atoms with Gasteiger partial charge in [-0.25, -0.2) is 8.78 Å². The quantitative estimate of drug-likeness (QED) is 0.567. The Balaban J connectivity index is 1.99. The molecular weight excluding hydrogens is 328 g/mol. The van der Waals surface area contributed by atoms with Crippen molar-refractivity contribution in [2.24, 2.45) is 7.05 Å². The first kappa shape index (κ1) is 17.5. The molecule has 0 aliphatic heterocycles. The summed E-state index contributed by atoms with van der Waals surface area (Å²) in [5.41, 5.74) is 0.174. The molecule has 2 aromatic rings. The minimum absolute atomic E-state index is 0.107. The predicted octanol–water partition coefficient (Wildman–Crippen LogP) is 2.06. The Kier molecular flexibility index (Phi) is 5.42. The number of aryl methyl sites for hydroxylation is 1.